The second kappa shape index (κ2) is 10.4. The molecule has 0 heterocycles. The Morgan fingerprint density at radius 3 is 2.14 bits per heavy atom. The van der Waals surface area contributed by atoms with E-state index in [2.05, 4.69) is 33.8 Å². The van der Waals surface area contributed by atoms with E-state index in [0.29, 0.717) is 12.0 Å². The second-order valence-corrected chi connectivity index (χ2v) is 13.0. The Labute approximate surface area is 174 Å². The van der Waals surface area contributed by atoms with Crippen molar-refractivity contribution in [2.75, 3.05) is 31.6 Å². The average molecular weight is 425 g/mol. The Bertz CT molecular complexity index is 759. The number of rotatable bonds is 7. The van der Waals surface area contributed by atoms with Crippen LogP contribution in [0.4, 0.5) is 4.79 Å². The molecule has 0 fully saturated rings. The van der Waals surface area contributed by atoms with Crippen molar-refractivity contribution in [1.82, 2.24) is 5.32 Å². The number of nitrogens with zero attached hydrogens (tertiary/aromatic N) is 1. The smallest absolute Gasteiger partial charge is 0.434 e. The lowest BCUT2D eigenvalue weighted by Gasteiger charge is -2.25. The highest BCUT2D eigenvalue weighted by Crippen LogP contribution is 2.35. The van der Waals surface area contributed by atoms with Crippen LogP contribution in [0.15, 0.2) is 29.3 Å². The van der Waals surface area contributed by atoms with E-state index >= 15 is 0 Å². The molecule has 1 aromatic carbocycles. The Morgan fingerprint density at radius 2 is 1.66 bits per heavy atom. The van der Waals surface area contributed by atoms with Crippen molar-refractivity contribution in [2.45, 2.75) is 39.3 Å². The molecular formula is C21H32N2O5S. The van der Waals surface area contributed by atoms with Gasteiger partial charge in [0.2, 0.25) is 0 Å². The van der Waals surface area contributed by atoms with Crippen molar-refractivity contribution in [1.29, 1.82) is 0 Å². The zero-order valence-corrected chi connectivity index (χ0v) is 19.1. The second-order valence-electron chi connectivity index (χ2n) is 8.45. The van der Waals surface area contributed by atoms with Crippen molar-refractivity contribution in [2.24, 2.45) is 4.99 Å². The lowest BCUT2D eigenvalue weighted by Crippen LogP contribution is -2.33. The molecule has 0 saturated heterocycles. The molecule has 2 amide bonds. The Morgan fingerprint density at radius 1 is 1.07 bits per heavy atom. The number of carbonyl (C=O) groups is 3. The van der Waals surface area contributed by atoms with Gasteiger partial charge in [-0.2, -0.15) is 4.99 Å². The third kappa shape index (κ3) is 10.1. The molecule has 1 N–H and O–H groups in total. The summed E-state index contributed by atoms with van der Waals surface area (Å²) in [6.45, 7) is 5.49. The fraction of sp³-hybridized carbons (Fsp3) is 0.524. The first-order chi connectivity index (χ1) is 13.3. The largest absolute Gasteiger partial charge is 0.465 e. The van der Waals surface area contributed by atoms with E-state index in [0.717, 1.165) is 11.3 Å². The molecule has 1 rings (SSSR count). The van der Waals surface area contributed by atoms with Crippen molar-refractivity contribution in [3.63, 3.8) is 0 Å². The minimum Gasteiger partial charge on any atom is -0.465 e. The van der Waals surface area contributed by atoms with E-state index in [1.807, 2.05) is 0 Å². The summed E-state index contributed by atoms with van der Waals surface area (Å²) in [7, 11) is 0.458. The summed E-state index contributed by atoms with van der Waals surface area (Å²) in [4.78, 5) is 40.1. The molecule has 29 heavy (non-hydrogen) atoms. The molecule has 0 aliphatic heterocycles. The van der Waals surface area contributed by atoms with Crippen LogP contribution >= 0.6 is 10.0 Å². The zero-order chi connectivity index (χ0) is 22.2. The van der Waals surface area contributed by atoms with Gasteiger partial charge in [-0.1, -0.05) is 12.1 Å². The number of nitrogens with one attached hydrogen (secondary N) is 1. The van der Waals surface area contributed by atoms with Gasteiger partial charge in [0.15, 0.2) is 0 Å². The van der Waals surface area contributed by atoms with Crippen LogP contribution in [0, 0.1) is 0 Å². The molecule has 0 spiro atoms. The molecule has 0 aliphatic rings. The van der Waals surface area contributed by atoms with Gasteiger partial charge in [0.05, 0.1) is 12.7 Å². The van der Waals surface area contributed by atoms with Crippen LogP contribution < -0.4 is 5.32 Å². The Balaban J connectivity index is 2.85. The number of esters is 1. The van der Waals surface area contributed by atoms with Crippen LogP contribution in [0.5, 0.6) is 0 Å². The number of aliphatic imine (C=N–C) groups is 1. The van der Waals surface area contributed by atoms with Gasteiger partial charge in [0.25, 0.3) is 5.91 Å². The number of ether oxygens (including phenoxy) is 2. The lowest BCUT2D eigenvalue weighted by atomic mass is 10.1. The van der Waals surface area contributed by atoms with E-state index in [9.17, 15) is 14.4 Å². The minimum absolute atomic E-state index is 0.160. The van der Waals surface area contributed by atoms with E-state index in [1.54, 1.807) is 45.0 Å². The summed E-state index contributed by atoms with van der Waals surface area (Å²) in [6, 6.07) is 6.73. The molecule has 1 aromatic rings. The molecule has 0 aliphatic carbocycles. The fourth-order valence-electron chi connectivity index (χ4n) is 2.18. The summed E-state index contributed by atoms with van der Waals surface area (Å²) in [6.07, 6.45) is 6.04. The SMILES string of the molecule is COC(=O)c1ccc(CNC(=O)/C(CCS(C)(C)C)=N\C(=O)OC(C)(C)C)cc1. The number of methoxy groups -OCH3 is 1. The molecule has 0 bridgehead atoms. The van der Waals surface area contributed by atoms with E-state index in [-0.39, 0.29) is 12.3 Å². The molecule has 8 heteroatoms. The highest BCUT2D eigenvalue weighted by Gasteiger charge is 2.20. The van der Waals surface area contributed by atoms with Gasteiger partial charge in [0, 0.05) is 13.0 Å². The lowest BCUT2D eigenvalue weighted by molar-refractivity contribution is -0.115. The first-order valence-electron chi connectivity index (χ1n) is 9.23. The first-order valence-corrected chi connectivity index (χ1v) is 12.3. The average Bonchev–Trinajstić information content (AvgIpc) is 2.60. The molecule has 7 nitrogen and oxygen atoms in total. The fourth-order valence-corrected chi connectivity index (χ4v) is 2.98. The highest BCUT2D eigenvalue weighted by atomic mass is 32.3. The number of amides is 2. The van der Waals surface area contributed by atoms with Gasteiger partial charge in [0.1, 0.15) is 11.3 Å². The van der Waals surface area contributed by atoms with Gasteiger partial charge in [-0.25, -0.2) is 19.6 Å². The summed E-state index contributed by atoms with van der Waals surface area (Å²) >= 11 is 0. The van der Waals surface area contributed by atoms with Gasteiger partial charge in [-0.3, -0.25) is 4.79 Å². The number of benzene rings is 1. The normalized spacial score (nSPS) is 12.9. The van der Waals surface area contributed by atoms with Crippen LogP contribution in [0.3, 0.4) is 0 Å². The molecule has 0 unspecified atom stereocenters. The molecule has 0 atom stereocenters. The molecule has 0 saturated carbocycles. The third-order valence-electron chi connectivity index (χ3n) is 3.66. The van der Waals surface area contributed by atoms with Gasteiger partial charge in [-0.05, 0) is 63.0 Å². The predicted molar refractivity (Wildman–Crippen MR) is 118 cm³/mol. The summed E-state index contributed by atoms with van der Waals surface area (Å²) in [5.74, 6) is -0.0517. The highest BCUT2D eigenvalue weighted by molar-refractivity contribution is 8.32. The van der Waals surface area contributed by atoms with E-state index in [4.69, 9.17) is 4.74 Å². The van der Waals surface area contributed by atoms with Crippen molar-refractivity contribution >= 4 is 33.7 Å². The maximum atomic E-state index is 12.6. The van der Waals surface area contributed by atoms with E-state index < -0.39 is 33.6 Å². The van der Waals surface area contributed by atoms with Gasteiger partial charge < -0.3 is 14.8 Å². The first kappa shape index (κ1) is 24.7. The topological polar surface area (TPSA) is 94.1 Å². The van der Waals surface area contributed by atoms with Crippen molar-refractivity contribution in [3.8, 4) is 0 Å². The van der Waals surface area contributed by atoms with Crippen molar-refractivity contribution < 1.29 is 23.9 Å². The van der Waals surface area contributed by atoms with E-state index in [1.165, 1.54) is 7.11 Å². The molecule has 0 aromatic heterocycles. The Kier molecular flexibility index (Phi) is 8.88. The number of carbonyl (C=O) groups excluding carboxylic acids is 3. The predicted octanol–water partition coefficient (Wildman–Crippen LogP) is 3.55. The zero-order valence-electron chi connectivity index (χ0n) is 18.3. The molecule has 0 radical (unpaired) electrons. The monoisotopic (exact) mass is 424 g/mol. The maximum absolute atomic E-state index is 12.6. The van der Waals surface area contributed by atoms with Crippen LogP contribution in [0.2, 0.25) is 0 Å². The van der Waals surface area contributed by atoms with Crippen LogP contribution in [-0.2, 0) is 20.8 Å². The van der Waals surface area contributed by atoms with Crippen LogP contribution in [0.25, 0.3) is 0 Å². The van der Waals surface area contributed by atoms with Crippen molar-refractivity contribution in [3.05, 3.63) is 35.4 Å². The standard InChI is InChI=1S/C21H32N2O5S/c1-21(2,3)28-20(26)23-17(12-13-29(5,6)7)18(24)22-14-15-8-10-16(11-9-15)19(25)27-4/h8-11H,12-14H2,1-7H3,(H,22,24)/b23-17-. The summed E-state index contributed by atoms with van der Waals surface area (Å²) in [5.41, 5.74) is 0.721. The number of hydrogen-bond acceptors (Lipinski definition) is 5. The quantitative estimate of drug-likeness (QED) is 0.534. The summed E-state index contributed by atoms with van der Waals surface area (Å²) < 4.78 is 9.88. The minimum atomic E-state index is -0.863. The summed E-state index contributed by atoms with van der Waals surface area (Å²) in [5, 5.41) is 2.78. The van der Waals surface area contributed by atoms with Crippen LogP contribution in [-0.4, -0.2) is 60.9 Å². The molecule has 162 valence electrons. The van der Waals surface area contributed by atoms with Gasteiger partial charge in [-0.15, -0.1) is 0 Å². The maximum Gasteiger partial charge on any atom is 0.434 e. The molecular weight excluding hydrogens is 392 g/mol. The Hall–Kier alpha value is -2.35. The number of hydrogen-bond donors (Lipinski definition) is 1. The van der Waals surface area contributed by atoms with Crippen LogP contribution in [0.1, 0.15) is 43.1 Å². The van der Waals surface area contributed by atoms with Gasteiger partial charge >= 0.3 is 12.1 Å². The third-order valence-corrected chi connectivity index (χ3v) is 5.09.